The summed E-state index contributed by atoms with van der Waals surface area (Å²) in [6.45, 7) is 7.10. The van der Waals surface area contributed by atoms with E-state index >= 15 is 0 Å². The van der Waals surface area contributed by atoms with E-state index in [2.05, 4.69) is 25.1 Å². The van der Waals surface area contributed by atoms with Crippen LogP contribution in [0.25, 0.3) is 22.2 Å². The first-order valence-electron chi connectivity index (χ1n) is 12.5. The van der Waals surface area contributed by atoms with Gasteiger partial charge in [-0.3, -0.25) is 5.10 Å². The molecule has 9 nitrogen and oxygen atoms in total. The maximum Gasteiger partial charge on any atom is 0.409 e. The number of benzene rings is 1. The average Bonchev–Trinajstić information content (AvgIpc) is 3.29. The molecule has 2 fully saturated rings. The lowest BCUT2D eigenvalue weighted by Gasteiger charge is -2.59. The number of nitrogens with zero attached hydrogens (tertiary/aromatic N) is 5. The van der Waals surface area contributed by atoms with Crippen LogP contribution in [0.15, 0.2) is 42.7 Å². The van der Waals surface area contributed by atoms with Crippen LogP contribution in [0.5, 0.6) is 5.75 Å². The molecule has 39 heavy (non-hydrogen) atoms. The number of likely N-dealkylation sites (tertiary alicyclic amines) is 1. The van der Waals surface area contributed by atoms with Crippen molar-refractivity contribution in [3.63, 3.8) is 0 Å². The van der Waals surface area contributed by atoms with Crippen molar-refractivity contribution in [3.8, 4) is 17.0 Å². The number of ether oxygens (including phenoxy) is 2. The summed E-state index contributed by atoms with van der Waals surface area (Å²) in [4.78, 5) is 24.0. The zero-order valence-corrected chi connectivity index (χ0v) is 22.8. The molecule has 3 aromatic heterocycles. The molecule has 2 aliphatic rings. The van der Waals surface area contributed by atoms with Crippen LogP contribution < -0.4 is 9.64 Å². The molecule has 0 bridgehead atoms. The first-order valence-corrected chi connectivity index (χ1v) is 13.3. The lowest BCUT2D eigenvalue weighted by atomic mass is 9.73. The Bertz CT molecular complexity index is 1550. The van der Waals surface area contributed by atoms with Gasteiger partial charge in [0, 0.05) is 60.5 Å². The SMILES string of the molecule is CCOC(=O)N1CC2(C1)CN(c1ccc(-c3n[nH]c4ccc(O[C@@H](C)c5c(Cl)cnc(F)c5Cl)cc34)cn1)C2. The lowest BCUT2D eigenvalue weighted by Crippen LogP contribution is -2.73. The van der Waals surface area contributed by atoms with E-state index in [1.165, 1.54) is 6.20 Å². The van der Waals surface area contributed by atoms with Crippen molar-refractivity contribution in [2.24, 2.45) is 5.41 Å². The second-order valence-electron chi connectivity index (χ2n) is 9.98. The number of rotatable bonds is 6. The van der Waals surface area contributed by atoms with Gasteiger partial charge in [0.25, 0.3) is 0 Å². The van der Waals surface area contributed by atoms with Crippen molar-refractivity contribution in [2.45, 2.75) is 20.0 Å². The van der Waals surface area contributed by atoms with Gasteiger partial charge >= 0.3 is 6.09 Å². The first-order chi connectivity index (χ1) is 18.8. The van der Waals surface area contributed by atoms with Crippen LogP contribution in [0.2, 0.25) is 10.0 Å². The number of amides is 1. The quantitative estimate of drug-likeness (QED) is 0.289. The van der Waals surface area contributed by atoms with Crippen molar-refractivity contribution in [1.29, 1.82) is 0 Å². The summed E-state index contributed by atoms with van der Waals surface area (Å²) in [5.41, 5.74) is 2.89. The number of hydrogen-bond donors (Lipinski definition) is 1. The number of H-pyrrole nitrogens is 1. The minimum Gasteiger partial charge on any atom is -0.486 e. The van der Waals surface area contributed by atoms with Crippen molar-refractivity contribution >= 4 is 46.0 Å². The molecular formula is C27H25Cl2FN6O3. The fourth-order valence-electron chi connectivity index (χ4n) is 5.32. The summed E-state index contributed by atoms with van der Waals surface area (Å²) in [7, 11) is 0. The maximum absolute atomic E-state index is 13.9. The van der Waals surface area contributed by atoms with E-state index in [0.29, 0.717) is 17.9 Å². The van der Waals surface area contributed by atoms with Gasteiger partial charge in [-0.1, -0.05) is 23.2 Å². The minimum atomic E-state index is -0.797. The highest BCUT2D eigenvalue weighted by Gasteiger charge is 2.54. The Morgan fingerprint density at radius 2 is 1.95 bits per heavy atom. The standard InChI is InChI=1S/C27H25Cl2FN6O3/c1-3-38-26(37)36-13-27(14-36)11-35(12-27)21-7-4-16(9-31-21)24-18-8-17(5-6-20(18)33-34-24)39-15(2)22-19(28)10-32-25(30)23(22)29/h4-10,15H,3,11-14H2,1-2H3,(H,33,34)/t15-/m0/s1. The van der Waals surface area contributed by atoms with Crippen molar-refractivity contribution in [3.05, 3.63) is 64.3 Å². The van der Waals surface area contributed by atoms with Crippen molar-refractivity contribution < 1.29 is 18.7 Å². The maximum atomic E-state index is 13.9. The molecule has 0 radical (unpaired) electrons. The second kappa shape index (κ2) is 9.84. The number of pyridine rings is 2. The Hall–Kier alpha value is -3.63. The molecule has 1 N–H and O–H groups in total. The molecule has 0 aliphatic carbocycles. The van der Waals surface area contributed by atoms with E-state index in [1.807, 2.05) is 31.2 Å². The zero-order chi connectivity index (χ0) is 27.3. The van der Waals surface area contributed by atoms with Crippen LogP contribution in [0.1, 0.15) is 25.5 Å². The van der Waals surface area contributed by atoms with Crippen LogP contribution in [-0.4, -0.2) is 63.9 Å². The Morgan fingerprint density at radius 1 is 1.15 bits per heavy atom. The summed E-state index contributed by atoms with van der Waals surface area (Å²) < 4.78 is 25.0. The molecule has 0 unspecified atom stereocenters. The molecular weight excluding hydrogens is 546 g/mol. The van der Waals surface area contributed by atoms with Crippen molar-refractivity contribution in [1.82, 2.24) is 25.1 Å². The van der Waals surface area contributed by atoms with E-state index in [0.717, 1.165) is 54.2 Å². The highest BCUT2D eigenvalue weighted by Crippen LogP contribution is 2.42. The second-order valence-corrected chi connectivity index (χ2v) is 10.8. The normalized spacial score (nSPS) is 16.6. The predicted octanol–water partition coefficient (Wildman–Crippen LogP) is 5.88. The number of nitrogens with one attached hydrogen (secondary N) is 1. The predicted molar refractivity (Wildman–Crippen MR) is 146 cm³/mol. The zero-order valence-electron chi connectivity index (χ0n) is 21.2. The third-order valence-electron chi connectivity index (χ3n) is 7.20. The number of hydrogen-bond acceptors (Lipinski definition) is 7. The number of aromatic amines is 1. The molecule has 0 saturated carbocycles. The van der Waals surface area contributed by atoms with Gasteiger partial charge in [0.05, 0.1) is 17.1 Å². The molecule has 1 spiro atoms. The van der Waals surface area contributed by atoms with E-state index in [-0.39, 0.29) is 21.6 Å². The number of carbonyl (C=O) groups excluding carboxylic acids is 1. The van der Waals surface area contributed by atoms with Crippen molar-refractivity contribution in [2.75, 3.05) is 37.7 Å². The van der Waals surface area contributed by atoms with Gasteiger partial charge in [-0.05, 0) is 44.2 Å². The molecule has 202 valence electrons. The smallest absolute Gasteiger partial charge is 0.409 e. The van der Waals surface area contributed by atoms with Gasteiger partial charge in [0.2, 0.25) is 5.95 Å². The molecule has 4 aromatic rings. The molecule has 2 aliphatic heterocycles. The fourth-order valence-corrected chi connectivity index (χ4v) is 5.97. The van der Waals surface area contributed by atoms with E-state index in [4.69, 9.17) is 32.7 Å². The molecule has 12 heteroatoms. The van der Waals surface area contributed by atoms with Gasteiger partial charge in [-0.2, -0.15) is 9.49 Å². The first kappa shape index (κ1) is 25.6. The Balaban J connectivity index is 1.15. The van der Waals surface area contributed by atoms with Gasteiger partial charge in [-0.25, -0.2) is 14.8 Å². The van der Waals surface area contributed by atoms with Crippen LogP contribution in [0, 0.1) is 11.4 Å². The highest BCUT2D eigenvalue weighted by molar-refractivity contribution is 6.35. The molecule has 2 saturated heterocycles. The van der Waals surface area contributed by atoms with Crippen LogP contribution in [-0.2, 0) is 4.74 Å². The van der Waals surface area contributed by atoms with E-state index in [9.17, 15) is 9.18 Å². The summed E-state index contributed by atoms with van der Waals surface area (Å²) in [6, 6.07) is 9.50. The summed E-state index contributed by atoms with van der Waals surface area (Å²) in [5.74, 6) is 0.638. The summed E-state index contributed by atoms with van der Waals surface area (Å²) in [5, 5.41) is 8.46. The van der Waals surface area contributed by atoms with Crippen LogP contribution >= 0.6 is 23.2 Å². The highest BCUT2D eigenvalue weighted by atomic mass is 35.5. The van der Waals surface area contributed by atoms with Gasteiger partial charge in [0.15, 0.2) is 0 Å². The van der Waals surface area contributed by atoms with Gasteiger partial charge < -0.3 is 19.3 Å². The minimum absolute atomic E-state index is 0.134. The number of fused-ring (bicyclic) bond motifs is 1. The van der Waals surface area contributed by atoms with Crippen LogP contribution in [0.3, 0.4) is 0 Å². The number of aromatic nitrogens is 4. The average molecular weight is 571 g/mol. The molecule has 1 amide bonds. The van der Waals surface area contributed by atoms with E-state index < -0.39 is 12.1 Å². The molecule has 5 heterocycles. The number of carbonyl (C=O) groups is 1. The summed E-state index contributed by atoms with van der Waals surface area (Å²) in [6.07, 6.45) is 2.17. The third-order valence-corrected chi connectivity index (χ3v) is 7.86. The Labute approximate surface area is 233 Å². The summed E-state index contributed by atoms with van der Waals surface area (Å²) >= 11 is 12.3. The van der Waals surface area contributed by atoms with Gasteiger partial charge in [0.1, 0.15) is 28.4 Å². The molecule has 1 atom stereocenters. The molecule has 1 aromatic carbocycles. The molecule has 6 rings (SSSR count). The number of halogens is 3. The number of anilines is 1. The van der Waals surface area contributed by atoms with Crippen LogP contribution in [0.4, 0.5) is 15.0 Å². The third kappa shape index (κ3) is 4.61. The Kier molecular flexibility index (Phi) is 6.47. The fraction of sp³-hybridized carbons (Fsp3) is 0.333. The van der Waals surface area contributed by atoms with E-state index in [1.54, 1.807) is 24.1 Å². The monoisotopic (exact) mass is 570 g/mol. The lowest BCUT2D eigenvalue weighted by molar-refractivity contribution is -0.0196. The van der Waals surface area contributed by atoms with Gasteiger partial charge in [-0.15, -0.1) is 0 Å². The Morgan fingerprint density at radius 3 is 2.67 bits per heavy atom. The largest absolute Gasteiger partial charge is 0.486 e. The topological polar surface area (TPSA) is 96.5 Å².